The molecule has 9 aromatic rings. The second kappa shape index (κ2) is 14.2. The van der Waals surface area contributed by atoms with Crippen molar-refractivity contribution in [3.63, 3.8) is 0 Å². The number of pyridine rings is 1. The molecule has 3 aromatic heterocycles. The third-order valence-corrected chi connectivity index (χ3v) is 13.2. The maximum Gasteiger partial charge on any atom is 0.145 e. The zero-order valence-electron chi connectivity index (χ0n) is 34.1. The molecule has 4 nitrogen and oxygen atoms in total. The van der Waals surface area contributed by atoms with Gasteiger partial charge in [-0.3, -0.25) is 9.56 Å². The SMILES string of the molecule is Cc1ccc2c(c1)c1ccc(-n3c4ccc(C(C)(C)C)cc4c4cccnc43)cc1n2-c1cc(C2=N[C@H](C(c3ccccc3)c3ccccc3)CS2)cc(C(C)C)c1. The van der Waals surface area contributed by atoms with Gasteiger partial charge in [-0.05, 0) is 107 Å². The van der Waals surface area contributed by atoms with Crippen LogP contribution < -0.4 is 0 Å². The molecule has 0 fully saturated rings. The van der Waals surface area contributed by atoms with E-state index >= 15 is 0 Å². The topological polar surface area (TPSA) is 35.1 Å². The highest BCUT2D eigenvalue weighted by atomic mass is 32.2. The van der Waals surface area contributed by atoms with Crippen LogP contribution >= 0.6 is 11.8 Å². The van der Waals surface area contributed by atoms with Crippen LogP contribution in [0.25, 0.3) is 55.1 Å². The number of nitrogens with zero attached hydrogens (tertiary/aromatic N) is 4. The number of hydrogen-bond donors (Lipinski definition) is 0. The second-order valence-electron chi connectivity index (χ2n) is 17.3. The molecule has 5 heteroatoms. The van der Waals surface area contributed by atoms with E-state index < -0.39 is 0 Å². The first-order valence-electron chi connectivity index (χ1n) is 20.5. The van der Waals surface area contributed by atoms with E-state index in [1.165, 1.54) is 71.5 Å². The molecule has 0 N–H and O–H groups in total. The lowest BCUT2D eigenvalue weighted by molar-refractivity contribution is 0.591. The van der Waals surface area contributed by atoms with Crippen molar-refractivity contribution in [1.29, 1.82) is 0 Å². The molecule has 0 bridgehead atoms. The monoisotopic (exact) mass is 772 g/mol. The van der Waals surface area contributed by atoms with E-state index in [0.717, 1.165) is 27.8 Å². The quantitative estimate of drug-likeness (QED) is 0.162. The molecule has 1 aliphatic heterocycles. The van der Waals surface area contributed by atoms with E-state index in [4.69, 9.17) is 9.98 Å². The molecule has 1 atom stereocenters. The fraction of sp³-hybridized carbons (Fsp3) is 0.208. The average Bonchev–Trinajstić information content (AvgIpc) is 3.94. The van der Waals surface area contributed by atoms with Gasteiger partial charge in [0, 0.05) is 56.4 Å². The molecule has 0 radical (unpaired) electrons. The van der Waals surface area contributed by atoms with Gasteiger partial charge in [-0.25, -0.2) is 4.98 Å². The van der Waals surface area contributed by atoms with Crippen molar-refractivity contribution in [2.75, 3.05) is 5.75 Å². The van der Waals surface area contributed by atoms with Crippen molar-refractivity contribution in [2.24, 2.45) is 4.99 Å². The van der Waals surface area contributed by atoms with Crippen LogP contribution in [0.3, 0.4) is 0 Å². The normalized spacial score (nSPS) is 14.8. The smallest absolute Gasteiger partial charge is 0.145 e. The van der Waals surface area contributed by atoms with Crippen LogP contribution in [0.15, 0.2) is 157 Å². The summed E-state index contributed by atoms with van der Waals surface area (Å²) in [7, 11) is 0. The van der Waals surface area contributed by atoms with Crippen molar-refractivity contribution in [2.45, 2.75) is 64.8 Å². The molecular formula is C53H48N4S. The van der Waals surface area contributed by atoms with Crippen LogP contribution in [-0.4, -0.2) is 31.0 Å². The third-order valence-electron chi connectivity index (χ3n) is 12.0. The predicted molar refractivity (Wildman–Crippen MR) is 248 cm³/mol. The van der Waals surface area contributed by atoms with Crippen LogP contribution in [0.4, 0.5) is 0 Å². The first kappa shape index (κ1) is 36.4. The number of rotatable bonds is 7. The fourth-order valence-electron chi connectivity index (χ4n) is 9.01. The standard InChI is InChI=1S/C53H48N4S/c1-33(2)37-27-38(52-55-46(32-58-52)50(35-14-9-7-10-15-35)36-16-11-8-12-17-36)29-41(28-37)56-47-23-19-34(3)26-44(47)42-22-21-40(31-49(42)56)57-48-24-20-39(53(4,5)6)30-45(48)43-18-13-25-54-51(43)57/h7-31,33,46,50H,32H2,1-6H3/t46-/m0/s1. The maximum absolute atomic E-state index is 5.56. The van der Waals surface area contributed by atoms with Gasteiger partial charge in [0.1, 0.15) is 5.65 Å². The second-order valence-corrected chi connectivity index (χ2v) is 18.3. The van der Waals surface area contributed by atoms with Crippen LogP contribution in [0, 0.1) is 6.92 Å². The van der Waals surface area contributed by atoms with Crippen molar-refractivity contribution in [1.82, 2.24) is 14.1 Å². The van der Waals surface area contributed by atoms with Gasteiger partial charge >= 0.3 is 0 Å². The Morgan fingerprint density at radius 3 is 2.03 bits per heavy atom. The average molecular weight is 773 g/mol. The summed E-state index contributed by atoms with van der Waals surface area (Å²) in [6, 6.07) is 54.1. The molecule has 4 heterocycles. The van der Waals surface area contributed by atoms with Gasteiger partial charge < -0.3 is 4.57 Å². The highest BCUT2D eigenvalue weighted by molar-refractivity contribution is 8.14. The van der Waals surface area contributed by atoms with E-state index in [9.17, 15) is 0 Å². The van der Waals surface area contributed by atoms with Gasteiger partial charge in [0.15, 0.2) is 0 Å². The Morgan fingerprint density at radius 1 is 0.603 bits per heavy atom. The number of thioether (sulfide) groups is 1. The first-order valence-corrected chi connectivity index (χ1v) is 21.5. The first-order chi connectivity index (χ1) is 28.1. The minimum atomic E-state index is 0.0428. The molecule has 0 aliphatic carbocycles. The van der Waals surface area contributed by atoms with Crippen LogP contribution in [0.2, 0.25) is 0 Å². The van der Waals surface area contributed by atoms with Gasteiger partial charge in [0.25, 0.3) is 0 Å². The van der Waals surface area contributed by atoms with Gasteiger partial charge in [-0.1, -0.05) is 119 Å². The molecule has 286 valence electrons. The number of aromatic nitrogens is 3. The highest BCUT2D eigenvalue weighted by Gasteiger charge is 2.30. The Balaban J connectivity index is 1.16. The Kier molecular flexibility index (Phi) is 8.90. The van der Waals surface area contributed by atoms with Crippen molar-refractivity contribution in [3.8, 4) is 11.4 Å². The summed E-state index contributed by atoms with van der Waals surface area (Å²) in [5, 5.41) is 6.02. The summed E-state index contributed by atoms with van der Waals surface area (Å²) < 4.78 is 4.83. The lowest BCUT2D eigenvalue weighted by Crippen LogP contribution is -2.18. The van der Waals surface area contributed by atoms with Gasteiger partial charge in [0.05, 0.1) is 27.6 Å². The minimum absolute atomic E-state index is 0.0428. The molecule has 10 rings (SSSR count). The minimum Gasteiger partial charge on any atom is -0.309 e. The number of fused-ring (bicyclic) bond motifs is 6. The van der Waals surface area contributed by atoms with Gasteiger partial charge in [0.2, 0.25) is 0 Å². The summed E-state index contributed by atoms with van der Waals surface area (Å²) in [6.07, 6.45) is 1.91. The zero-order chi connectivity index (χ0) is 39.7. The highest BCUT2D eigenvalue weighted by Crippen LogP contribution is 2.41. The Labute approximate surface area is 345 Å². The molecule has 0 amide bonds. The number of benzene rings is 6. The summed E-state index contributed by atoms with van der Waals surface area (Å²) >= 11 is 1.89. The lowest BCUT2D eigenvalue weighted by Gasteiger charge is -2.22. The lowest BCUT2D eigenvalue weighted by atomic mass is 9.86. The largest absolute Gasteiger partial charge is 0.309 e. The zero-order valence-corrected chi connectivity index (χ0v) is 34.9. The predicted octanol–water partition coefficient (Wildman–Crippen LogP) is 13.7. The van der Waals surface area contributed by atoms with E-state index in [1.54, 1.807) is 0 Å². The number of aryl methyl sites for hydroxylation is 1. The van der Waals surface area contributed by atoms with Crippen molar-refractivity contribution >= 4 is 60.5 Å². The van der Waals surface area contributed by atoms with Gasteiger partial charge in [-0.2, -0.15) is 0 Å². The molecule has 6 aromatic carbocycles. The van der Waals surface area contributed by atoms with E-state index in [1.807, 2.05) is 18.0 Å². The summed E-state index contributed by atoms with van der Waals surface area (Å²) in [4.78, 5) is 10.5. The third kappa shape index (κ3) is 6.24. The molecular weight excluding hydrogens is 725 g/mol. The Morgan fingerprint density at radius 2 is 1.31 bits per heavy atom. The maximum atomic E-state index is 5.56. The molecule has 1 aliphatic rings. The van der Waals surface area contributed by atoms with Crippen LogP contribution in [0.5, 0.6) is 0 Å². The van der Waals surface area contributed by atoms with Crippen LogP contribution in [-0.2, 0) is 5.41 Å². The summed E-state index contributed by atoms with van der Waals surface area (Å²) in [5.41, 5.74) is 14.5. The Hall–Kier alpha value is -5.91. The molecule has 0 spiro atoms. The molecule has 0 saturated heterocycles. The fourth-order valence-corrected chi connectivity index (χ4v) is 10.1. The summed E-state index contributed by atoms with van der Waals surface area (Å²) in [6.45, 7) is 13.6. The van der Waals surface area contributed by atoms with E-state index in [-0.39, 0.29) is 17.4 Å². The molecule has 0 unspecified atom stereocenters. The number of aliphatic imine (C=N–C) groups is 1. The Bertz CT molecular complexity index is 3000. The van der Waals surface area contributed by atoms with E-state index in [2.05, 4.69) is 196 Å². The number of hydrogen-bond acceptors (Lipinski definition) is 3. The van der Waals surface area contributed by atoms with Crippen LogP contribution in [0.1, 0.15) is 79.8 Å². The van der Waals surface area contributed by atoms with Crippen molar-refractivity contribution in [3.05, 3.63) is 185 Å². The summed E-state index contributed by atoms with van der Waals surface area (Å²) in [5.74, 6) is 1.47. The molecule has 58 heavy (non-hydrogen) atoms. The van der Waals surface area contributed by atoms with Gasteiger partial charge in [-0.15, -0.1) is 11.8 Å². The molecule has 0 saturated carbocycles. The van der Waals surface area contributed by atoms with Crippen molar-refractivity contribution < 1.29 is 0 Å². The van der Waals surface area contributed by atoms with E-state index in [0.29, 0.717) is 5.92 Å².